The second-order valence-corrected chi connectivity index (χ2v) is 10.3. The number of ether oxygens (including phenoxy) is 1. The largest absolute Gasteiger partial charge is 0.478 e. The van der Waals surface area contributed by atoms with Gasteiger partial charge in [0.05, 0.1) is 6.42 Å². The van der Waals surface area contributed by atoms with Gasteiger partial charge in [0.1, 0.15) is 5.75 Å². The third-order valence-corrected chi connectivity index (χ3v) is 6.42. The highest BCUT2D eigenvalue weighted by Gasteiger charge is 2.27. The molecular weight excluding hydrogens is 498 g/mol. The number of anilines is 1. The molecule has 1 unspecified atom stereocenters. The molecule has 8 heteroatoms. The zero-order valence-electron chi connectivity index (χ0n) is 23.1. The maximum atomic E-state index is 12.4. The Morgan fingerprint density at radius 1 is 1.05 bits per heavy atom. The molecule has 39 heavy (non-hydrogen) atoms. The van der Waals surface area contributed by atoms with E-state index < -0.39 is 30.2 Å². The Balaban J connectivity index is 1.94. The number of Topliss-reactive ketones (excluding diaryl/α,β-unsaturated/α-hetero) is 1. The number of ketones is 1. The Morgan fingerprint density at radius 2 is 1.72 bits per heavy atom. The van der Waals surface area contributed by atoms with Crippen molar-refractivity contribution in [1.82, 2.24) is 0 Å². The Hall–Kier alpha value is -4.20. The molecule has 2 rings (SSSR count). The molecule has 1 aliphatic rings. The summed E-state index contributed by atoms with van der Waals surface area (Å²) in [6, 6.07) is 5.85. The number of hydrogen-bond acceptors (Lipinski definition) is 5. The van der Waals surface area contributed by atoms with E-state index in [9.17, 15) is 24.3 Å². The molecule has 3 N–H and O–H groups in total. The van der Waals surface area contributed by atoms with E-state index in [1.54, 1.807) is 0 Å². The molecule has 208 valence electrons. The van der Waals surface area contributed by atoms with Crippen molar-refractivity contribution >= 4 is 29.3 Å². The Bertz CT molecular complexity index is 1240. The summed E-state index contributed by atoms with van der Waals surface area (Å²) in [5, 5.41) is 20.6. The normalized spacial score (nSPS) is 16.8. The van der Waals surface area contributed by atoms with Crippen LogP contribution in [0.25, 0.3) is 0 Å². The lowest BCUT2D eigenvalue weighted by molar-refractivity contribution is -0.153. The summed E-state index contributed by atoms with van der Waals surface area (Å²) >= 11 is 0. The average Bonchev–Trinajstić information content (AvgIpc) is 2.83. The van der Waals surface area contributed by atoms with Gasteiger partial charge in [-0.05, 0) is 80.9 Å². The SMILES string of the molecule is CC1=C(/C=C/C(C)=C/C=C/C(C)=C/C(=O)Nc2ccc(OC(CC(=O)C(=O)O)C(=O)O)cc2)C(C)(C)CCC1. The molecule has 0 bridgehead atoms. The number of carboxylic acid groups (broad SMARTS) is 2. The summed E-state index contributed by atoms with van der Waals surface area (Å²) in [7, 11) is 0. The van der Waals surface area contributed by atoms with Crippen LogP contribution in [0, 0.1) is 5.41 Å². The number of hydrogen-bond donors (Lipinski definition) is 3. The average molecular weight is 536 g/mol. The van der Waals surface area contributed by atoms with E-state index in [1.807, 2.05) is 32.1 Å². The molecule has 1 atom stereocenters. The van der Waals surface area contributed by atoms with E-state index in [-0.39, 0.29) is 17.1 Å². The number of carbonyl (C=O) groups excluding carboxylic acids is 2. The lowest BCUT2D eigenvalue weighted by Crippen LogP contribution is -2.32. The van der Waals surface area contributed by atoms with E-state index >= 15 is 0 Å². The van der Waals surface area contributed by atoms with E-state index in [0.717, 1.165) is 17.6 Å². The maximum absolute atomic E-state index is 12.4. The zero-order valence-corrected chi connectivity index (χ0v) is 23.1. The van der Waals surface area contributed by atoms with Gasteiger partial charge in [-0.1, -0.05) is 55.4 Å². The molecule has 1 aliphatic carbocycles. The predicted molar refractivity (Wildman–Crippen MR) is 151 cm³/mol. The first-order chi connectivity index (χ1) is 18.3. The fourth-order valence-corrected chi connectivity index (χ4v) is 4.28. The van der Waals surface area contributed by atoms with Crippen LogP contribution in [-0.2, 0) is 19.2 Å². The molecular formula is C31H37NO7. The van der Waals surface area contributed by atoms with Crippen LogP contribution in [0.5, 0.6) is 5.75 Å². The molecule has 1 aromatic carbocycles. The van der Waals surface area contributed by atoms with Crippen molar-refractivity contribution in [3.05, 3.63) is 83.0 Å². The Labute approximate surface area is 229 Å². The summed E-state index contributed by atoms with van der Waals surface area (Å²) in [5.41, 5.74) is 5.36. The first-order valence-electron chi connectivity index (χ1n) is 12.8. The highest BCUT2D eigenvalue weighted by molar-refractivity contribution is 6.33. The van der Waals surface area contributed by atoms with Gasteiger partial charge < -0.3 is 20.3 Å². The topological polar surface area (TPSA) is 130 Å². The smallest absolute Gasteiger partial charge is 0.372 e. The number of rotatable bonds is 12. The highest BCUT2D eigenvalue weighted by Crippen LogP contribution is 2.40. The monoisotopic (exact) mass is 535 g/mol. The van der Waals surface area contributed by atoms with Crippen molar-refractivity contribution in [2.45, 2.75) is 66.4 Å². The van der Waals surface area contributed by atoms with Gasteiger partial charge in [-0.2, -0.15) is 0 Å². The second-order valence-electron chi connectivity index (χ2n) is 10.3. The van der Waals surface area contributed by atoms with Crippen LogP contribution in [-0.4, -0.2) is 39.9 Å². The summed E-state index contributed by atoms with van der Waals surface area (Å²) in [4.78, 5) is 45.6. The lowest BCUT2D eigenvalue weighted by Gasteiger charge is -2.32. The first-order valence-corrected chi connectivity index (χ1v) is 12.8. The van der Waals surface area contributed by atoms with Crippen LogP contribution >= 0.6 is 0 Å². The second kappa shape index (κ2) is 14.1. The van der Waals surface area contributed by atoms with Gasteiger partial charge in [-0.3, -0.25) is 9.59 Å². The Morgan fingerprint density at radius 3 is 2.31 bits per heavy atom. The van der Waals surface area contributed by atoms with Crippen LogP contribution in [0.1, 0.15) is 60.3 Å². The summed E-state index contributed by atoms with van der Waals surface area (Å²) in [5.74, 6) is -4.68. The number of aliphatic carboxylic acids is 2. The molecule has 1 aromatic rings. The number of carbonyl (C=O) groups is 4. The minimum atomic E-state index is -1.73. The standard InChI is InChI=1S/C31H37NO7/c1-20(11-16-25-22(3)10-7-17-31(25,4)5)8-6-9-21(2)18-28(34)32-23-12-14-24(15-13-23)39-27(30(37)38)19-26(33)29(35)36/h6,8-9,11-16,18,27H,7,10,17,19H2,1-5H3,(H,32,34)(H,35,36)(H,37,38)/b9-6+,16-11+,20-8+,21-18+. The predicted octanol–water partition coefficient (Wildman–Crippen LogP) is 6.03. The minimum Gasteiger partial charge on any atom is -0.478 e. The number of carboxylic acids is 2. The summed E-state index contributed by atoms with van der Waals surface area (Å²) in [6.07, 6.45) is 12.7. The third-order valence-electron chi connectivity index (χ3n) is 6.42. The number of nitrogens with one attached hydrogen (secondary N) is 1. The van der Waals surface area contributed by atoms with Crippen molar-refractivity contribution in [3.8, 4) is 5.75 Å². The maximum Gasteiger partial charge on any atom is 0.372 e. The highest BCUT2D eigenvalue weighted by atomic mass is 16.5. The van der Waals surface area contributed by atoms with E-state index in [1.165, 1.54) is 54.3 Å². The summed E-state index contributed by atoms with van der Waals surface area (Å²) < 4.78 is 5.22. The van der Waals surface area contributed by atoms with Gasteiger partial charge >= 0.3 is 11.9 Å². The van der Waals surface area contributed by atoms with Gasteiger partial charge in [-0.15, -0.1) is 0 Å². The molecule has 0 aliphatic heterocycles. The zero-order chi connectivity index (χ0) is 29.2. The third kappa shape index (κ3) is 10.2. The molecule has 1 amide bonds. The number of amides is 1. The number of benzene rings is 1. The van der Waals surface area contributed by atoms with Crippen LogP contribution in [0.4, 0.5) is 5.69 Å². The van der Waals surface area contributed by atoms with Crippen LogP contribution in [0.3, 0.4) is 0 Å². The van der Waals surface area contributed by atoms with Gasteiger partial charge in [-0.25, -0.2) is 9.59 Å². The van der Waals surface area contributed by atoms with Crippen molar-refractivity contribution in [1.29, 1.82) is 0 Å². The molecule has 0 radical (unpaired) electrons. The fraction of sp³-hybridized carbons (Fsp3) is 0.355. The quantitative estimate of drug-likeness (QED) is 0.169. The molecule has 0 saturated heterocycles. The van der Waals surface area contributed by atoms with Crippen LogP contribution < -0.4 is 10.1 Å². The van der Waals surface area contributed by atoms with Crippen LogP contribution in [0.2, 0.25) is 0 Å². The van der Waals surface area contributed by atoms with Crippen molar-refractivity contribution in [2.75, 3.05) is 5.32 Å². The molecule has 0 heterocycles. The van der Waals surface area contributed by atoms with E-state index in [2.05, 4.69) is 38.2 Å². The Kier molecular flexibility index (Phi) is 11.2. The molecule has 0 aromatic heterocycles. The van der Waals surface area contributed by atoms with Crippen molar-refractivity contribution in [3.63, 3.8) is 0 Å². The van der Waals surface area contributed by atoms with Gasteiger partial charge in [0.15, 0.2) is 0 Å². The summed E-state index contributed by atoms with van der Waals surface area (Å²) in [6.45, 7) is 10.6. The molecule has 0 spiro atoms. The number of allylic oxidation sites excluding steroid dienone is 9. The minimum absolute atomic E-state index is 0.114. The molecule has 0 saturated carbocycles. The van der Waals surface area contributed by atoms with Gasteiger partial charge in [0.2, 0.25) is 17.8 Å². The van der Waals surface area contributed by atoms with Crippen LogP contribution in [0.15, 0.2) is 83.0 Å². The van der Waals surface area contributed by atoms with Gasteiger partial charge in [0, 0.05) is 11.8 Å². The van der Waals surface area contributed by atoms with Gasteiger partial charge in [0.25, 0.3) is 0 Å². The van der Waals surface area contributed by atoms with E-state index in [4.69, 9.17) is 9.84 Å². The molecule has 0 fully saturated rings. The molecule has 8 nitrogen and oxygen atoms in total. The van der Waals surface area contributed by atoms with Crippen molar-refractivity contribution in [2.24, 2.45) is 5.41 Å². The fourth-order valence-electron chi connectivity index (χ4n) is 4.28. The lowest BCUT2D eigenvalue weighted by atomic mass is 9.72. The van der Waals surface area contributed by atoms with Crippen molar-refractivity contribution < 1.29 is 34.1 Å². The van der Waals surface area contributed by atoms with E-state index in [0.29, 0.717) is 5.69 Å². The first kappa shape index (κ1) is 31.0.